The monoisotopic (exact) mass is 732 g/mol. The van der Waals surface area contributed by atoms with Crippen molar-refractivity contribution in [2.45, 2.75) is 57.9 Å². The lowest BCUT2D eigenvalue weighted by Crippen LogP contribution is -2.41. The molecule has 5 aromatic rings. The van der Waals surface area contributed by atoms with Gasteiger partial charge in [0.2, 0.25) is 0 Å². The van der Waals surface area contributed by atoms with Gasteiger partial charge in [-0.05, 0) is 82.1 Å². The van der Waals surface area contributed by atoms with E-state index in [0.717, 1.165) is 29.6 Å². The number of alkyl halides is 3. The molecule has 0 bridgehead atoms. The highest BCUT2D eigenvalue weighted by Crippen LogP contribution is 2.36. The Kier molecular flexibility index (Phi) is 10.4. The first-order valence-electron chi connectivity index (χ1n) is 16.9. The van der Waals surface area contributed by atoms with E-state index in [0.29, 0.717) is 66.5 Å². The van der Waals surface area contributed by atoms with E-state index < -0.39 is 23.2 Å². The molecular weight excluding hydrogens is 693 g/mol. The number of halogens is 3. The molecule has 1 saturated heterocycles. The van der Waals surface area contributed by atoms with E-state index >= 15 is 0 Å². The van der Waals surface area contributed by atoms with Crippen molar-refractivity contribution >= 4 is 34.7 Å². The van der Waals surface area contributed by atoms with Gasteiger partial charge in [0.1, 0.15) is 40.3 Å². The third-order valence-corrected chi connectivity index (χ3v) is 8.66. The number of carbonyl (C=O) groups excluding carboxylic acids is 2. The van der Waals surface area contributed by atoms with Crippen LogP contribution in [-0.4, -0.2) is 74.5 Å². The Balaban J connectivity index is 1.31. The van der Waals surface area contributed by atoms with Crippen molar-refractivity contribution in [1.29, 1.82) is 0 Å². The highest BCUT2D eigenvalue weighted by atomic mass is 19.4. The number of amides is 2. The van der Waals surface area contributed by atoms with Crippen LogP contribution in [0, 0.1) is 0 Å². The SMILES string of the molecule is COc1ccc(CNc2ncnc3c(C4CCN(C(=O)OC(C)(C)C)CC4)nn(-c4ccc(C(=O)Nc5cc(C(F)(F)F)ccn5)cc4)c23)c(OC)c1. The maximum atomic E-state index is 13.2. The lowest BCUT2D eigenvalue weighted by molar-refractivity contribution is -0.137. The first kappa shape index (κ1) is 36.8. The minimum absolute atomic E-state index is 0.0353. The number of fused-ring (bicyclic) bond motifs is 1. The largest absolute Gasteiger partial charge is 0.497 e. The average molecular weight is 733 g/mol. The summed E-state index contributed by atoms with van der Waals surface area (Å²) in [6, 6.07) is 13.6. The van der Waals surface area contributed by atoms with Gasteiger partial charge in [-0.15, -0.1) is 0 Å². The minimum Gasteiger partial charge on any atom is -0.497 e. The second kappa shape index (κ2) is 15.0. The van der Waals surface area contributed by atoms with Crippen LogP contribution in [0.25, 0.3) is 16.7 Å². The Bertz CT molecular complexity index is 2110. The van der Waals surface area contributed by atoms with Crippen LogP contribution in [0.4, 0.5) is 29.6 Å². The van der Waals surface area contributed by atoms with E-state index in [1.165, 1.54) is 6.33 Å². The summed E-state index contributed by atoms with van der Waals surface area (Å²) in [5.74, 6) is 0.879. The number of anilines is 2. The van der Waals surface area contributed by atoms with E-state index in [2.05, 4.69) is 25.6 Å². The Morgan fingerprint density at radius 1 is 0.925 bits per heavy atom. The van der Waals surface area contributed by atoms with Gasteiger partial charge in [-0.25, -0.2) is 24.4 Å². The van der Waals surface area contributed by atoms with Gasteiger partial charge >= 0.3 is 12.3 Å². The number of benzene rings is 2. The van der Waals surface area contributed by atoms with Crippen LogP contribution in [0.3, 0.4) is 0 Å². The zero-order chi connectivity index (χ0) is 37.9. The van der Waals surface area contributed by atoms with Gasteiger partial charge in [-0.1, -0.05) is 0 Å². The molecule has 2 amide bonds. The van der Waals surface area contributed by atoms with E-state index in [1.807, 2.05) is 32.9 Å². The number of nitrogens with zero attached hydrogens (tertiary/aromatic N) is 6. The number of carbonyl (C=O) groups is 2. The topological polar surface area (TPSA) is 146 Å². The molecule has 6 rings (SSSR count). The number of pyridine rings is 1. The van der Waals surface area contributed by atoms with E-state index in [-0.39, 0.29) is 23.4 Å². The predicted molar refractivity (Wildman–Crippen MR) is 191 cm³/mol. The summed E-state index contributed by atoms with van der Waals surface area (Å²) in [5.41, 5.74) is 2.05. The van der Waals surface area contributed by atoms with Crippen molar-refractivity contribution in [1.82, 2.24) is 29.6 Å². The number of hydrogen-bond acceptors (Lipinski definition) is 10. The van der Waals surface area contributed by atoms with Crippen molar-refractivity contribution in [3.05, 3.63) is 89.5 Å². The van der Waals surface area contributed by atoms with Gasteiger partial charge in [0.25, 0.3) is 5.91 Å². The molecule has 1 fully saturated rings. The molecule has 0 aliphatic carbocycles. The zero-order valence-corrected chi connectivity index (χ0v) is 29.8. The van der Waals surface area contributed by atoms with Crippen molar-refractivity contribution in [2.24, 2.45) is 0 Å². The van der Waals surface area contributed by atoms with Crippen LogP contribution in [0.15, 0.2) is 67.1 Å². The van der Waals surface area contributed by atoms with Gasteiger partial charge in [-0.2, -0.15) is 18.3 Å². The zero-order valence-electron chi connectivity index (χ0n) is 29.8. The van der Waals surface area contributed by atoms with Crippen LogP contribution >= 0.6 is 0 Å². The number of methoxy groups -OCH3 is 2. The normalized spacial score (nSPS) is 13.8. The molecule has 3 aromatic heterocycles. The molecule has 0 atom stereocenters. The Morgan fingerprint density at radius 2 is 1.66 bits per heavy atom. The Hall–Kier alpha value is -5.93. The van der Waals surface area contributed by atoms with Crippen molar-refractivity contribution in [3.8, 4) is 17.2 Å². The van der Waals surface area contributed by atoms with Gasteiger partial charge in [0.05, 0.1) is 31.2 Å². The van der Waals surface area contributed by atoms with Gasteiger partial charge in [0, 0.05) is 48.9 Å². The molecule has 1 aliphatic rings. The summed E-state index contributed by atoms with van der Waals surface area (Å²) in [5, 5.41) is 10.9. The van der Waals surface area contributed by atoms with E-state index in [4.69, 9.17) is 19.3 Å². The lowest BCUT2D eigenvalue weighted by atomic mass is 9.93. The second-order valence-electron chi connectivity index (χ2n) is 13.4. The number of ether oxygens (including phenoxy) is 3. The van der Waals surface area contributed by atoms with Crippen LogP contribution in [0.1, 0.15) is 66.7 Å². The number of hydrogen-bond donors (Lipinski definition) is 2. The van der Waals surface area contributed by atoms with Crippen molar-refractivity contribution in [2.75, 3.05) is 37.9 Å². The fraction of sp³-hybridized carbons (Fsp3) is 0.351. The Labute approximate surface area is 303 Å². The van der Waals surface area contributed by atoms with Crippen LogP contribution < -0.4 is 20.1 Å². The Morgan fingerprint density at radius 3 is 2.32 bits per heavy atom. The van der Waals surface area contributed by atoms with Crippen LogP contribution in [-0.2, 0) is 17.5 Å². The molecule has 2 aromatic carbocycles. The molecule has 53 heavy (non-hydrogen) atoms. The molecule has 1 aliphatic heterocycles. The summed E-state index contributed by atoms with van der Waals surface area (Å²) >= 11 is 0. The van der Waals surface area contributed by atoms with Gasteiger partial charge in [0.15, 0.2) is 5.82 Å². The predicted octanol–water partition coefficient (Wildman–Crippen LogP) is 7.23. The quantitative estimate of drug-likeness (QED) is 0.159. The molecule has 13 nitrogen and oxygen atoms in total. The number of piperidine rings is 1. The summed E-state index contributed by atoms with van der Waals surface area (Å²) in [4.78, 5) is 40.6. The summed E-state index contributed by atoms with van der Waals surface area (Å²) in [7, 11) is 3.16. The number of likely N-dealkylation sites (tertiary alicyclic amines) is 1. The molecule has 0 saturated carbocycles. The third-order valence-electron chi connectivity index (χ3n) is 8.66. The summed E-state index contributed by atoms with van der Waals surface area (Å²) in [6.45, 7) is 6.80. The van der Waals surface area contributed by atoms with Crippen LogP contribution in [0.2, 0.25) is 0 Å². The molecular formula is C37H39F3N8O5. The number of aromatic nitrogens is 5. The molecule has 0 spiro atoms. The van der Waals surface area contributed by atoms with E-state index in [9.17, 15) is 22.8 Å². The van der Waals surface area contributed by atoms with Gasteiger partial charge < -0.3 is 29.7 Å². The molecule has 2 N–H and O–H groups in total. The first-order chi connectivity index (χ1) is 25.2. The minimum atomic E-state index is -4.58. The molecule has 0 unspecified atom stereocenters. The lowest BCUT2D eigenvalue weighted by Gasteiger charge is -2.32. The van der Waals surface area contributed by atoms with E-state index in [1.54, 1.807) is 54.1 Å². The standard InChI is InChI=1S/C37H39F3N8O5/c1-36(2,3)53-35(50)47-16-13-22(14-17-47)30-31-32(33(44-21-43-31)42-20-24-8-11-27(51-4)19-28(24)52-5)48(46-30)26-9-6-23(7-10-26)34(49)45-29-18-25(12-15-41-29)37(38,39)40/h6-12,15,18-19,21-22H,13-14,16-17,20H2,1-5H3,(H,41,45,49)(H,42,43,44). The highest BCUT2D eigenvalue weighted by Gasteiger charge is 2.32. The molecule has 0 radical (unpaired) electrons. The van der Waals surface area contributed by atoms with Crippen LogP contribution in [0.5, 0.6) is 11.5 Å². The smallest absolute Gasteiger partial charge is 0.416 e. The average Bonchev–Trinajstić information content (AvgIpc) is 3.53. The van der Waals surface area contributed by atoms with Crippen molar-refractivity contribution in [3.63, 3.8) is 0 Å². The highest BCUT2D eigenvalue weighted by molar-refractivity contribution is 6.04. The third kappa shape index (κ3) is 8.42. The maximum absolute atomic E-state index is 13.2. The maximum Gasteiger partial charge on any atom is 0.416 e. The molecule has 278 valence electrons. The number of nitrogens with one attached hydrogen (secondary N) is 2. The summed E-state index contributed by atoms with van der Waals surface area (Å²) < 4.78 is 57.8. The second-order valence-corrected chi connectivity index (χ2v) is 13.4. The fourth-order valence-electron chi connectivity index (χ4n) is 6.02. The first-order valence-corrected chi connectivity index (χ1v) is 16.9. The number of rotatable bonds is 9. The summed E-state index contributed by atoms with van der Waals surface area (Å²) in [6.07, 6.45) is -1.23. The van der Waals surface area contributed by atoms with Crippen molar-refractivity contribution < 1.29 is 37.0 Å². The molecule has 4 heterocycles. The molecule has 16 heteroatoms. The fourth-order valence-corrected chi connectivity index (χ4v) is 6.02. The van der Waals surface area contributed by atoms with Gasteiger partial charge in [-0.3, -0.25) is 4.79 Å².